The van der Waals surface area contributed by atoms with Crippen LogP contribution in [0.1, 0.15) is 24.1 Å². The maximum absolute atomic E-state index is 11.9. The number of benzene rings is 2. The van der Waals surface area contributed by atoms with E-state index in [1.807, 2.05) is 67.8 Å². The molecule has 0 aliphatic rings. The summed E-state index contributed by atoms with van der Waals surface area (Å²) in [4.78, 5) is 24.7. The van der Waals surface area contributed by atoms with E-state index < -0.39 is 5.97 Å². The van der Waals surface area contributed by atoms with E-state index in [1.54, 1.807) is 17.8 Å². The fourth-order valence-electron chi connectivity index (χ4n) is 2.17. The van der Waals surface area contributed by atoms with Crippen molar-refractivity contribution >= 4 is 29.7 Å². The molecule has 0 spiro atoms. The fraction of sp³-hybridized carbons (Fsp3) is 0.200. The summed E-state index contributed by atoms with van der Waals surface area (Å²) in [6.45, 7) is 1.58. The zero-order chi connectivity index (χ0) is 18.1. The van der Waals surface area contributed by atoms with Crippen molar-refractivity contribution in [2.45, 2.75) is 17.9 Å². The molecule has 130 valence electrons. The predicted octanol–water partition coefficient (Wildman–Crippen LogP) is 3.84. The third-order valence-corrected chi connectivity index (χ3v) is 4.29. The smallest absolute Gasteiger partial charge is 0.331 e. The Morgan fingerprint density at radius 2 is 1.80 bits per heavy atom. The second-order valence-corrected chi connectivity index (χ2v) is 6.29. The van der Waals surface area contributed by atoms with Crippen LogP contribution in [0.3, 0.4) is 0 Å². The predicted molar refractivity (Wildman–Crippen MR) is 101 cm³/mol. The highest BCUT2D eigenvalue weighted by atomic mass is 32.2. The van der Waals surface area contributed by atoms with Crippen molar-refractivity contribution in [3.63, 3.8) is 0 Å². The molecule has 2 aromatic carbocycles. The van der Waals surface area contributed by atoms with E-state index >= 15 is 0 Å². The molecule has 0 radical (unpaired) electrons. The molecule has 1 amide bonds. The summed E-state index contributed by atoms with van der Waals surface area (Å²) >= 11 is 1.66. The van der Waals surface area contributed by atoms with Gasteiger partial charge in [-0.3, -0.25) is 4.79 Å². The number of esters is 1. The molecular weight excluding hydrogens is 334 g/mol. The quantitative estimate of drug-likeness (QED) is 0.466. The monoisotopic (exact) mass is 355 g/mol. The molecule has 0 bridgehead atoms. The molecule has 0 saturated heterocycles. The van der Waals surface area contributed by atoms with E-state index in [-0.39, 0.29) is 18.6 Å². The molecule has 25 heavy (non-hydrogen) atoms. The first-order chi connectivity index (χ1) is 12.1. The van der Waals surface area contributed by atoms with Crippen LogP contribution in [0.15, 0.2) is 65.6 Å². The van der Waals surface area contributed by atoms with Crippen molar-refractivity contribution in [3.8, 4) is 0 Å². The van der Waals surface area contributed by atoms with Crippen LogP contribution in [-0.2, 0) is 14.3 Å². The first-order valence-electron chi connectivity index (χ1n) is 7.91. The molecule has 0 aliphatic heterocycles. The van der Waals surface area contributed by atoms with Crippen molar-refractivity contribution in [3.05, 3.63) is 71.8 Å². The first-order valence-corrected chi connectivity index (χ1v) is 9.14. The van der Waals surface area contributed by atoms with Crippen molar-refractivity contribution in [1.29, 1.82) is 0 Å². The number of amides is 1. The van der Waals surface area contributed by atoms with Gasteiger partial charge in [-0.05, 0) is 42.5 Å². The Bertz CT molecular complexity index is 726. The number of rotatable bonds is 7. The topological polar surface area (TPSA) is 55.4 Å². The molecule has 0 aliphatic carbocycles. The summed E-state index contributed by atoms with van der Waals surface area (Å²) in [5.41, 5.74) is 1.90. The summed E-state index contributed by atoms with van der Waals surface area (Å²) in [5.74, 6) is -0.876. The average molecular weight is 355 g/mol. The van der Waals surface area contributed by atoms with Gasteiger partial charge in [0, 0.05) is 11.0 Å². The molecule has 1 atom stereocenters. The molecule has 2 rings (SSSR count). The van der Waals surface area contributed by atoms with E-state index in [9.17, 15) is 9.59 Å². The summed E-state index contributed by atoms with van der Waals surface area (Å²) in [6, 6.07) is 17.3. The summed E-state index contributed by atoms with van der Waals surface area (Å²) in [6.07, 6.45) is 4.99. The second-order valence-electron chi connectivity index (χ2n) is 5.41. The average Bonchev–Trinajstić information content (AvgIpc) is 2.65. The molecule has 1 N–H and O–H groups in total. The van der Waals surface area contributed by atoms with Crippen LogP contribution in [0, 0.1) is 0 Å². The van der Waals surface area contributed by atoms with Gasteiger partial charge in [0.05, 0.1) is 6.04 Å². The van der Waals surface area contributed by atoms with E-state index in [4.69, 9.17) is 4.74 Å². The number of hydrogen-bond acceptors (Lipinski definition) is 4. The fourth-order valence-corrected chi connectivity index (χ4v) is 2.58. The molecule has 2 aromatic rings. The summed E-state index contributed by atoms with van der Waals surface area (Å²) in [5, 5.41) is 2.80. The lowest BCUT2D eigenvalue weighted by Crippen LogP contribution is -2.30. The highest BCUT2D eigenvalue weighted by molar-refractivity contribution is 7.98. The third-order valence-electron chi connectivity index (χ3n) is 3.55. The van der Waals surface area contributed by atoms with Gasteiger partial charge in [-0.25, -0.2) is 4.79 Å². The van der Waals surface area contributed by atoms with Crippen molar-refractivity contribution in [2.75, 3.05) is 12.9 Å². The third kappa shape index (κ3) is 6.47. The van der Waals surface area contributed by atoms with Crippen molar-refractivity contribution in [1.82, 2.24) is 5.32 Å². The Balaban J connectivity index is 1.76. The van der Waals surface area contributed by atoms with Gasteiger partial charge < -0.3 is 10.1 Å². The zero-order valence-electron chi connectivity index (χ0n) is 14.3. The van der Waals surface area contributed by atoms with Gasteiger partial charge in [-0.15, -0.1) is 11.8 Å². The maximum atomic E-state index is 11.9. The Kier molecular flexibility index (Phi) is 7.29. The molecule has 5 heteroatoms. The molecule has 4 nitrogen and oxygen atoms in total. The van der Waals surface area contributed by atoms with Crippen LogP contribution in [0.5, 0.6) is 0 Å². The highest BCUT2D eigenvalue weighted by Gasteiger charge is 2.10. The maximum Gasteiger partial charge on any atom is 0.331 e. The van der Waals surface area contributed by atoms with Gasteiger partial charge in [0.1, 0.15) is 0 Å². The Hall–Kier alpha value is -2.53. The number of carbonyl (C=O) groups is 2. The lowest BCUT2D eigenvalue weighted by molar-refractivity contribution is -0.144. The van der Waals surface area contributed by atoms with E-state index in [1.165, 1.54) is 6.08 Å². The Morgan fingerprint density at radius 3 is 2.44 bits per heavy atom. The van der Waals surface area contributed by atoms with E-state index in [0.29, 0.717) is 0 Å². The van der Waals surface area contributed by atoms with Crippen LogP contribution < -0.4 is 5.32 Å². The second kappa shape index (κ2) is 9.69. The lowest BCUT2D eigenvalue weighted by Gasteiger charge is -2.13. The SMILES string of the molecule is CSc1ccc(/C=C/C(=O)OCC(=O)N[C@@H](C)c2ccccc2)cc1. The number of nitrogens with one attached hydrogen (secondary N) is 1. The van der Waals surface area contributed by atoms with Crippen LogP contribution >= 0.6 is 11.8 Å². The van der Waals surface area contributed by atoms with Gasteiger partial charge in [0.25, 0.3) is 5.91 Å². The van der Waals surface area contributed by atoms with Crippen LogP contribution in [0.25, 0.3) is 6.08 Å². The van der Waals surface area contributed by atoms with Gasteiger partial charge >= 0.3 is 5.97 Å². The summed E-state index contributed by atoms with van der Waals surface area (Å²) < 4.78 is 4.97. The molecule has 0 aromatic heterocycles. The number of carbonyl (C=O) groups excluding carboxylic acids is 2. The Labute approximate surface area is 152 Å². The van der Waals surface area contributed by atoms with Crippen LogP contribution in [0.2, 0.25) is 0 Å². The minimum absolute atomic E-state index is 0.141. The number of hydrogen-bond donors (Lipinski definition) is 1. The van der Waals surface area contributed by atoms with Crippen molar-refractivity contribution in [2.24, 2.45) is 0 Å². The molecule has 0 unspecified atom stereocenters. The standard InChI is InChI=1S/C20H21NO3S/c1-15(17-6-4-3-5-7-17)21-19(22)14-24-20(23)13-10-16-8-11-18(25-2)12-9-16/h3-13,15H,14H2,1-2H3,(H,21,22)/b13-10+/t15-/m0/s1. The van der Waals surface area contributed by atoms with Crippen LogP contribution in [-0.4, -0.2) is 24.7 Å². The van der Waals surface area contributed by atoms with Gasteiger partial charge in [-0.2, -0.15) is 0 Å². The first kappa shape index (κ1) is 18.8. The van der Waals surface area contributed by atoms with Crippen molar-refractivity contribution < 1.29 is 14.3 Å². The van der Waals surface area contributed by atoms with Gasteiger partial charge in [0.15, 0.2) is 6.61 Å². The summed E-state index contributed by atoms with van der Waals surface area (Å²) in [7, 11) is 0. The van der Waals surface area contributed by atoms with E-state index in [2.05, 4.69) is 5.32 Å². The van der Waals surface area contributed by atoms with Crippen LogP contribution in [0.4, 0.5) is 0 Å². The number of ether oxygens (including phenoxy) is 1. The lowest BCUT2D eigenvalue weighted by atomic mass is 10.1. The van der Waals surface area contributed by atoms with Gasteiger partial charge in [0.2, 0.25) is 0 Å². The zero-order valence-corrected chi connectivity index (χ0v) is 15.1. The molecule has 0 saturated carbocycles. The van der Waals surface area contributed by atoms with Gasteiger partial charge in [-0.1, -0.05) is 42.5 Å². The number of thioether (sulfide) groups is 1. The largest absolute Gasteiger partial charge is 0.452 e. The normalized spacial score (nSPS) is 11.9. The molecule has 0 heterocycles. The minimum Gasteiger partial charge on any atom is -0.452 e. The van der Waals surface area contributed by atoms with E-state index in [0.717, 1.165) is 16.0 Å². The molecular formula is C20H21NO3S. The highest BCUT2D eigenvalue weighted by Crippen LogP contribution is 2.15. The Morgan fingerprint density at radius 1 is 1.12 bits per heavy atom. The molecule has 0 fully saturated rings. The minimum atomic E-state index is -0.545.